The van der Waals surface area contributed by atoms with Crippen molar-refractivity contribution in [1.29, 1.82) is 0 Å². The summed E-state index contributed by atoms with van der Waals surface area (Å²) in [6, 6.07) is 0. The zero-order chi connectivity index (χ0) is 14.6. The van der Waals surface area contributed by atoms with Crippen LogP contribution in [0.15, 0.2) is 4.52 Å². The first-order chi connectivity index (χ1) is 9.56. The smallest absolute Gasteiger partial charge is 0.230 e. The van der Waals surface area contributed by atoms with Crippen LogP contribution in [0.1, 0.15) is 42.7 Å². The Kier molecular flexibility index (Phi) is 5.10. The SMILES string of the molecule is Cc1noc(C)c1CSCC(=O)NC1(CO)CCCC1. The Morgan fingerprint density at radius 3 is 2.70 bits per heavy atom. The van der Waals surface area contributed by atoms with Gasteiger partial charge in [-0.2, -0.15) is 0 Å². The van der Waals surface area contributed by atoms with Crippen LogP contribution in [0.25, 0.3) is 0 Å². The lowest BCUT2D eigenvalue weighted by Gasteiger charge is -2.27. The van der Waals surface area contributed by atoms with E-state index in [0.29, 0.717) is 5.75 Å². The summed E-state index contributed by atoms with van der Waals surface area (Å²) >= 11 is 1.55. The van der Waals surface area contributed by atoms with Crippen LogP contribution in [0.5, 0.6) is 0 Å². The molecule has 0 aliphatic heterocycles. The maximum Gasteiger partial charge on any atom is 0.230 e. The maximum atomic E-state index is 12.0. The van der Waals surface area contributed by atoms with E-state index in [2.05, 4.69) is 10.5 Å². The Balaban J connectivity index is 1.78. The van der Waals surface area contributed by atoms with Gasteiger partial charge in [-0.25, -0.2) is 0 Å². The second-order valence-electron chi connectivity index (χ2n) is 5.49. The molecule has 1 heterocycles. The average Bonchev–Trinajstić information content (AvgIpc) is 3.00. The Morgan fingerprint density at radius 2 is 2.15 bits per heavy atom. The van der Waals surface area contributed by atoms with Gasteiger partial charge in [-0.3, -0.25) is 4.79 Å². The Bertz CT molecular complexity index is 447. The molecule has 6 heteroatoms. The molecule has 1 amide bonds. The minimum absolute atomic E-state index is 0.00212. The minimum Gasteiger partial charge on any atom is -0.394 e. The molecule has 1 saturated carbocycles. The predicted octanol–water partition coefficient (Wildman–Crippen LogP) is 1.95. The molecule has 0 bridgehead atoms. The molecular formula is C14H22N2O3S. The predicted molar refractivity (Wildman–Crippen MR) is 78.6 cm³/mol. The maximum absolute atomic E-state index is 12.0. The monoisotopic (exact) mass is 298 g/mol. The number of hydrogen-bond acceptors (Lipinski definition) is 5. The second kappa shape index (κ2) is 6.63. The summed E-state index contributed by atoms with van der Waals surface area (Å²) in [6.45, 7) is 3.83. The molecule has 0 saturated heterocycles. The molecular weight excluding hydrogens is 276 g/mol. The van der Waals surface area contributed by atoms with E-state index in [-0.39, 0.29) is 18.1 Å². The zero-order valence-electron chi connectivity index (χ0n) is 12.1. The van der Waals surface area contributed by atoms with Gasteiger partial charge in [0.1, 0.15) is 5.76 Å². The van der Waals surface area contributed by atoms with Gasteiger partial charge >= 0.3 is 0 Å². The second-order valence-corrected chi connectivity index (χ2v) is 6.47. The van der Waals surface area contributed by atoms with Crippen molar-refractivity contribution < 1.29 is 14.4 Å². The van der Waals surface area contributed by atoms with Crippen LogP contribution in [-0.4, -0.2) is 34.1 Å². The molecule has 0 atom stereocenters. The van der Waals surface area contributed by atoms with Crippen LogP contribution in [-0.2, 0) is 10.5 Å². The van der Waals surface area contributed by atoms with Crippen molar-refractivity contribution in [2.24, 2.45) is 0 Å². The van der Waals surface area contributed by atoms with Gasteiger partial charge in [0.25, 0.3) is 0 Å². The topological polar surface area (TPSA) is 75.4 Å². The summed E-state index contributed by atoms with van der Waals surface area (Å²) in [5.41, 5.74) is 1.58. The fourth-order valence-corrected chi connectivity index (χ4v) is 3.64. The summed E-state index contributed by atoms with van der Waals surface area (Å²) in [4.78, 5) is 12.0. The molecule has 0 aromatic carbocycles. The normalized spacial score (nSPS) is 17.4. The lowest BCUT2D eigenvalue weighted by molar-refractivity contribution is -0.121. The van der Waals surface area contributed by atoms with Crippen molar-refractivity contribution in [3.63, 3.8) is 0 Å². The Morgan fingerprint density at radius 1 is 1.45 bits per heavy atom. The Labute approximate surface area is 123 Å². The number of carbonyl (C=O) groups is 1. The molecule has 1 fully saturated rings. The number of nitrogens with zero attached hydrogens (tertiary/aromatic N) is 1. The van der Waals surface area contributed by atoms with Gasteiger partial charge in [-0.15, -0.1) is 11.8 Å². The molecule has 0 radical (unpaired) electrons. The third kappa shape index (κ3) is 3.55. The molecule has 5 nitrogen and oxygen atoms in total. The number of aryl methyl sites for hydroxylation is 2. The van der Waals surface area contributed by atoms with E-state index in [1.54, 1.807) is 11.8 Å². The summed E-state index contributed by atoms with van der Waals surface area (Å²) in [7, 11) is 0. The number of aromatic nitrogens is 1. The van der Waals surface area contributed by atoms with Crippen LogP contribution in [0, 0.1) is 13.8 Å². The van der Waals surface area contributed by atoms with Gasteiger partial charge in [0.05, 0.1) is 23.6 Å². The number of hydrogen-bond donors (Lipinski definition) is 2. The summed E-state index contributed by atoms with van der Waals surface area (Å²) < 4.78 is 5.10. The van der Waals surface area contributed by atoms with Crippen molar-refractivity contribution in [2.45, 2.75) is 50.8 Å². The standard InChI is InChI=1S/C14H22N2O3S/c1-10-12(11(2)19-16-10)7-20-8-13(18)15-14(9-17)5-3-4-6-14/h17H,3-9H2,1-2H3,(H,15,18). The van der Waals surface area contributed by atoms with Gasteiger partial charge < -0.3 is 14.9 Å². The molecule has 0 spiro atoms. The molecule has 2 N–H and O–H groups in total. The highest BCUT2D eigenvalue weighted by Crippen LogP contribution is 2.29. The molecule has 20 heavy (non-hydrogen) atoms. The van der Waals surface area contributed by atoms with E-state index in [4.69, 9.17) is 4.52 Å². The summed E-state index contributed by atoms with van der Waals surface area (Å²) in [5, 5.41) is 16.4. The molecule has 2 rings (SSSR count). The van der Waals surface area contributed by atoms with Crippen LogP contribution in [0.2, 0.25) is 0 Å². The van der Waals surface area contributed by atoms with Crippen molar-refractivity contribution in [3.8, 4) is 0 Å². The molecule has 1 aromatic heterocycles. The van der Waals surface area contributed by atoms with Crippen molar-refractivity contribution in [2.75, 3.05) is 12.4 Å². The van der Waals surface area contributed by atoms with Gasteiger partial charge in [-0.1, -0.05) is 18.0 Å². The first kappa shape index (κ1) is 15.4. The number of aliphatic hydroxyl groups is 1. The van der Waals surface area contributed by atoms with Crippen LogP contribution >= 0.6 is 11.8 Å². The van der Waals surface area contributed by atoms with Crippen LogP contribution < -0.4 is 5.32 Å². The van der Waals surface area contributed by atoms with Gasteiger partial charge in [0.2, 0.25) is 5.91 Å². The highest BCUT2D eigenvalue weighted by molar-refractivity contribution is 7.99. The van der Waals surface area contributed by atoms with Crippen molar-refractivity contribution in [1.82, 2.24) is 10.5 Å². The lowest BCUT2D eigenvalue weighted by Crippen LogP contribution is -2.49. The fourth-order valence-electron chi connectivity index (χ4n) is 2.66. The third-order valence-electron chi connectivity index (χ3n) is 3.93. The first-order valence-corrected chi connectivity index (χ1v) is 8.13. The molecule has 1 aromatic rings. The molecule has 0 unspecified atom stereocenters. The molecule has 1 aliphatic carbocycles. The minimum atomic E-state index is -0.374. The van der Waals surface area contributed by atoms with Gasteiger partial charge in [0, 0.05) is 11.3 Å². The fraction of sp³-hybridized carbons (Fsp3) is 0.714. The highest BCUT2D eigenvalue weighted by atomic mass is 32.2. The van der Waals surface area contributed by atoms with E-state index >= 15 is 0 Å². The van der Waals surface area contributed by atoms with E-state index in [9.17, 15) is 9.90 Å². The third-order valence-corrected chi connectivity index (χ3v) is 4.89. The summed E-state index contributed by atoms with van der Waals surface area (Å²) in [6.07, 6.45) is 3.91. The molecule has 1 aliphatic rings. The van der Waals surface area contributed by atoms with E-state index in [1.165, 1.54) is 0 Å². The van der Waals surface area contributed by atoms with Crippen molar-refractivity contribution >= 4 is 17.7 Å². The number of thioether (sulfide) groups is 1. The Hall–Kier alpha value is -1.01. The van der Waals surface area contributed by atoms with Crippen molar-refractivity contribution in [3.05, 3.63) is 17.0 Å². The first-order valence-electron chi connectivity index (χ1n) is 6.98. The number of amides is 1. The summed E-state index contributed by atoms with van der Waals surface area (Å²) in [5.74, 6) is 1.93. The number of aliphatic hydroxyl groups excluding tert-OH is 1. The zero-order valence-corrected chi connectivity index (χ0v) is 12.9. The number of carbonyl (C=O) groups excluding carboxylic acids is 1. The van der Waals surface area contributed by atoms with E-state index in [1.807, 2.05) is 13.8 Å². The quantitative estimate of drug-likeness (QED) is 0.839. The highest BCUT2D eigenvalue weighted by Gasteiger charge is 2.34. The average molecular weight is 298 g/mol. The lowest BCUT2D eigenvalue weighted by atomic mass is 9.99. The number of nitrogens with one attached hydrogen (secondary N) is 1. The van der Waals surface area contributed by atoms with E-state index < -0.39 is 0 Å². The van der Waals surface area contributed by atoms with Crippen LogP contribution in [0.3, 0.4) is 0 Å². The van der Waals surface area contributed by atoms with Crippen LogP contribution in [0.4, 0.5) is 0 Å². The number of rotatable bonds is 6. The van der Waals surface area contributed by atoms with Gasteiger partial charge in [0.15, 0.2) is 0 Å². The molecule has 112 valence electrons. The van der Waals surface area contributed by atoms with E-state index in [0.717, 1.165) is 48.5 Å². The largest absolute Gasteiger partial charge is 0.394 e. The van der Waals surface area contributed by atoms with Gasteiger partial charge in [-0.05, 0) is 26.7 Å².